The summed E-state index contributed by atoms with van der Waals surface area (Å²) in [5.74, 6) is 0.449. The predicted molar refractivity (Wildman–Crippen MR) is 136 cm³/mol. The average Bonchev–Trinajstić information content (AvgIpc) is 3.32. The van der Waals surface area contributed by atoms with E-state index < -0.39 is 0 Å². The fourth-order valence-electron chi connectivity index (χ4n) is 4.74. The fraction of sp³-hybridized carbons (Fsp3) is 0.360. The predicted octanol–water partition coefficient (Wildman–Crippen LogP) is 5.18. The molecule has 0 aliphatic carbocycles. The maximum absolute atomic E-state index is 11.9. The Hall–Kier alpha value is -3.46. The Kier molecular flexibility index (Phi) is 6.83. The van der Waals surface area contributed by atoms with Crippen LogP contribution in [0.25, 0.3) is 5.69 Å². The number of aromatic nitrogens is 2. The molecule has 1 fully saturated rings. The minimum Gasteiger partial charge on any atom is -0.496 e. The van der Waals surface area contributed by atoms with E-state index in [2.05, 4.69) is 28.2 Å². The second kappa shape index (κ2) is 9.80. The number of nitrogens with one attached hydrogen (secondary N) is 1. The smallest absolute Gasteiger partial charge is 0.296 e. The van der Waals surface area contributed by atoms with E-state index in [9.17, 15) is 10.1 Å². The van der Waals surface area contributed by atoms with Gasteiger partial charge in [0, 0.05) is 24.1 Å². The summed E-state index contributed by atoms with van der Waals surface area (Å²) < 4.78 is 7.17. The maximum atomic E-state index is 11.9. The number of nitro benzene ring substituents is 1. The van der Waals surface area contributed by atoms with Crippen LogP contribution in [0.5, 0.6) is 5.75 Å². The lowest BCUT2D eigenvalue weighted by molar-refractivity contribution is -0.384. The Morgan fingerprint density at radius 2 is 2.03 bits per heavy atom. The normalized spacial score (nSPS) is 17.6. The fourth-order valence-corrected chi connectivity index (χ4v) is 5.07. The van der Waals surface area contributed by atoms with Gasteiger partial charge in [-0.1, -0.05) is 19.4 Å². The topological polar surface area (TPSA) is 85.5 Å². The number of aryl methyl sites for hydroxylation is 1. The zero-order valence-corrected chi connectivity index (χ0v) is 20.6. The molecular formula is C25H29N5O3S. The summed E-state index contributed by atoms with van der Waals surface area (Å²) in [5.41, 5.74) is 4.33. The van der Waals surface area contributed by atoms with Gasteiger partial charge < -0.3 is 19.5 Å². The number of nitro groups is 1. The van der Waals surface area contributed by atoms with Crippen molar-refractivity contribution in [2.45, 2.75) is 45.7 Å². The van der Waals surface area contributed by atoms with Gasteiger partial charge in [-0.05, 0) is 68.4 Å². The highest BCUT2D eigenvalue weighted by Gasteiger charge is 2.41. The van der Waals surface area contributed by atoms with E-state index in [1.54, 1.807) is 18.3 Å². The molecule has 2 aromatic heterocycles. The third-order valence-electron chi connectivity index (χ3n) is 6.36. The summed E-state index contributed by atoms with van der Waals surface area (Å²) in [6, 6.07) is 12.7. The van der Waals surface area contributed by atoms with Crippen molar-refractivity contribution in [1.29, 1.82) is 0 Å². The van der Waals surface area contributed by atoms with Crippen molar-refractivity contribution in [3.63, 3.8) is 0 Å². The van der Waals surface area contributed by atoms with Crippen molar-refractivity contribution in [1.82, 2.24) is 19.8 Å². The summed E-state index contributed by atoms with van der Waals surface area (Å²) in [6.45, 7) is 6.96. The number of benzene rings is 1. The lowest BCUT2D eigenvalue weighted by atomic mass is 9.96. The van der Waals surface area contributed by atoms with Crippen LogP contribution in [0.4, 0.5) is 5.69 Å². The summed E-state index contributed by atoms with van der Waals surface area (Å²) in [4.78, 5) is 18.4. The third kappa shape index (κ3) is 4.23. The molecule has 3 heterocycles. The molecule has 1 aromatic carbocycles. The van der Waals surface area contributed by atoms with Crippen molar-refractivity contribution >= 4 is 23.0 Å². The van der Waals surface area contributed by atoms with Gasteiger partial charge in [-0.15, -0.1) is 0 Å². The highest BCUT2D eigenvalue weighted by Crippen LogP contribution is 2.42. The van der Waals surface area contributed by atoms with Crippen molar-refractivity contribution in [3.05, 3.63) is 81.4 Å². The van der Waals surface area contributed by atoms with E-state index in [-0.39, 0.29) is 22.7 Å². The largest absolute Gasteiger partial charge is 0.496 e. The molecule has 0 unspecified atom stereocenters. The highest BCUT2D eigenvalue weighted by molar-refractivity contribution is 7.80. The zero-order chi connectivity index (χ0) is 24.4. The molecule has 178 valence electrons. The zero-order valence-electron chi connectivity index (χ0n) is 19.8. The number of thiocarbonyl (C=S) groups is 1. The first-order valence-corrected chi connectivity index (χ1v) is 11.8. The van der Waals surface area contributed by atoms with Crippen LogP contribution in [0.2, 0.25) is 0 Å². The van der Waals surface area contributed by atoms with Gasteiger partial charge in [0.1, 0.15) is 11.4 Å². The van der Waals surface area contributed by atoms with Gasteiger partial charge in [0.05, 0.1) is 35.9 Å². The number of hydrogen-bond acceptors (Lipinski definition) is 5. The Morgan fingerprint density at radius 1 is 1.24 bits per heavy atom. The lowest BCUT2D eigenvalue weighted by Crippen LogP contribution is -2.30. The summed E-state index contributed by atoms with van der Waals surface area (Å²) in [5, 5.41) is 16.1. The molecule has 1 aliphatic rings. The molecule has 0 radical (unpaired) electrons. The Balaban J connectivity index is 1.86. The van der Waals surface area contributed by atoms with Crippen LogP contribution in [0.3, 0.4) is 0 Å². The van der Waals surface area contributed by atoms with E-state index in [1.165, 1.54) is 13.2 Å². The van der Waals surface area contributed by atoms with E-state index in [1.807, 2.05) is 36.6 Å². The first kappa shape index (κ1) is 23.7. The third-order valence-corrected chi connectivity index (χ3v) is 6.71. The van der Waals surface area contributed by atoms with E-state index >= 15 is 0 Å². The summed E-state index contributed by atoms with van der Waals surface area (Å²) >= 11 is 5.74. The number of rotatable bonds is 8. The first-order valence-electron chi connectivity index (χ1n) is 11.4. The van der Waals surface area contributed by atoms with Gasteiger partial charge >= 0.3 is 0 Å². The number of methoxy groups -OCH3 is 1. The van der Waals surface area contributed by atoms with Crippen molar-refractivity contribution in [3.8, 4) is 11.4 Å². The van der Waals surface area contributed by atoms with E-state index in [0.717, 1.165) is 42.0 Å². The Labute approximate surface area is 204 Å². The second-order valence-electron chi connectivity index (χ2n) is 8.45. The minimum absolute atomic E-state index is 0.00289. The number of unbranched alkanes of at least 4 members (excludes halogenated alkanes) is 1. The van der Waals surface area contributed by atoms with Crippen LogP contribution in [0, 0.1) is 24.0 Å². The van der Waals surface area contributed by atoms with Crippen LogP contribution in [-0.4, -0.2) is 38.1 Å². The van der Waals surface area contributed by atoms with Crippen molar-refractivity contribution in [2.75, 3.05) is 13.7 Å². The van der Waals surface area contributed by atoms with Crippen LogP contribution in [0.1, 0.15) is 54.5 Å². The molecule has 1 saturated heterocycles. The molecule has 0 saturated carbocycles. The molecule has 0 bridgehead atoms. The number of pyridine rings is 1. The Bertz CT molecular complexity index is 1210. The average molecular weight is 480 g/mol. The van der Waals surface area contributed by atoms with Crippen LogP contribution in [-0.2, 0) is 0 Å². The maximum Gasteiger partial charge on any atom is 0.296 e. The monoisotopic (exact) mass is 479 g/mol. The highest BCUT2D eigenvalue weighted by atomic mass is 32.1. The van der Waals surface area contributed by atoms with Crippen LogP contribution in [0.15, 0.2) is 48.7 Å². The van der Waals surface area contributed by atoms with Crippen molar-refractivity contribution < 1.29 is 9.66 Å². The minimum atomic E-state index is -0.368. The second-order valence-corrected chi connectivity index (χ2v) is 8.83. The molecule has 3 aromatic rings. The number of hydrogen-bond donors (Lipinski definition) is 1. The van der Waals surface area contributed by atoms with Gasteiger partial charge in [-0.2, -0.15) is 0 Å². The molecular weight excluding hydrogens is 450 g/mol. The van der Waals surface area contributed by atoms with Gasteiger partial charge in [-0.3, -0.25) is 15.1 Å². The quantitative estimate of drug-likeness (QED) is 0.271. The van der Waals surface area contributed by atoms with Crippen molar-refractivity contribution in [2.24, 2.45) is 0 Å². The van der Waals surface area contributed by atoms with E-state index in [4.69, 9.17) is 17.0 Å². The summed E-state index contributed by atoms with van der Waals surface area (Å²) in [6.07, 6.45) is 3.85. The molecule has 0 spiro atoms. The Morgan fingerprint density at radius 3 is 2.68 bits per heavy atom. The summed E-state index contributed by atoms with van der Waals surface area (Å²) in [7, 11) is 1.50. The number of nitrogens with zero attached hydrogens (tertiary/aromatic N) is 4. The van der Waals surface area contributed by atoms with Crippen LogP contribution >= 0.6 is 12.2 Å². The molecule has 2 atom stereocenters. The van der Waals surface area contributed by atoms with Gasteiger partial charge in [0.25, 0.3) is 5.69 Å². The molecule has 1 N–H and O–H groups in total. The molecule has 34 heavy (non-hydrogen) atoms. The molecule has 9 heteroatoms. The molecule has 0 amide bonds. The molecule has 1 aliphatic heterocycles. The van der Waals surface area contributed by atoms with Gasteiger partial charge in [0.2, 0.25) is 0 Å². The van der Waals surface area contributed by atoms with Gasteiger partial charge in [0.15, 0.2) is 5.11 Å². The standard InChI is InChI=1S/C25H29N5O3S/c1-5-6-13-28-24(23(27-25(28)34)20-9-7-8-12-26-20)19-14-16(2)29(17(19)3)21-11-10-18(33-4)15-22(21)30(31)32/h7-12,14-15,23-24H,5-6,13H2,1-4H3,(H,27,34)/t23-,24+/m1/s1. The molecule has 8 nitrogen and oxygen atoms in total. The SMILES string of the molecule is CCCCN1C(=S)N[C@H](c2ccccn2)[C@@H]1c1cc(C)n(-c2ccc(OC)cc2[N+](=O)[O-])c1C. The number of ether oxygens (including phenoxy) is 1. The lowest BCUT2D eigenvalue weighted by Gasteiger charge is -2.28. The molecule has 4 rings (SSSR count). The van der Waals surface area contributed by atoms with Gasteiger partial charge in [-0.25, -0.2) is 0 Å². The van der Waals surface area contributed by atoms with E-state index in [0.29, 0.717) is 16.5 Å². The van der Waals surface area contributed by atoms with Crippen LogP contribution < -0.4 is 10.1 Å². The first-order chi connectivity index (χ1) is 16.4.